The predicted octanol–water partition coefficient (Wildman–Crippen LogP) is 5.94. The lowest BCUT2D eigenvalue weighted by Gasteiger charge is -2.47. The number of carbonyl (C=O) groups is 2. The summed E-state index contributed by atoms with van der Waals surface area (Å²) in [6.45, 7) is 9.84. The van der Waals surface area contributed by atoms with Crippen LogP contribution in [0.15, 0.2) is 47.4 Å². The molecule has 1 fully saturated rings. The molecule has 4 rings (SSSR count). The van der Waals surface area contributed by atoms with Crippen molar-refractivity contribution in [3.63, 3.8) is 0 Å². The normalized spacial score (nSPS) is 21.0. The van der Waals surface area contributed by atoms with Crippen LogP contribution in [0.4, 0.5) is 16.2 Å². The Hall–Kier alpha value is -3.13. The molecule has 0 unspecified atom stereocenters. The number of nitro benzene ring substituents is 1. The van der Waals surface area contributed by atoms with Crippen molar-refractivity contribution in [2.45, 2.75) is 52.1 Å². The summed E-state index contributed by atoms with van der Waals surface area (Å²) in [6, 6.07) is 12.2. The Labute approximate surface area is 197 Å². The van der Waals surface area contributed by atoms with E-state index in [1.54, 1.807) is 18.2 Å². The third kappa shape index (κ3) is 4.39. The minimum Gasteiger partial charge on any atom is -0.366 e. The van der Waals surface area contributed by atoms with Gasteiger partial charge in [0.2, 0.25) is 0 Å². The number of hydrogen-bond acceptors (Lipinski definition) is 6. The molecule has 1 atom stereocenters. The van der Waals surface area contributed by atoms with E-state index >= 15 is 0 Å². The number of imide groups is 1. The summed E-state index contributed by atoms with van der Waals surface area (Å²) in [4.78, 5) is 39.9. The van der Waals surface area contributed by atoms with Crippen LogP contribution in [0.1, 0.15) is 56.7 Å². The molecule has 0 aliphatic carbocycles. The van der Waals surface area contributed by atoms with Crippen LogP contribution in [0.3, 0.4) is 0 Å². The quantitative estimate of drug-likeness (QED) is 0.308. The Morgan fingerprint density at radius 3 is 2.67 bits per heavy atom. The monoisotopic (exact) mass is 465 g/mol. The number of nitro groups is 1. The highest BCUT2D eigenvalue weighted by Gasteiger charge is 2.37. The molecule has 33 heavy (non-hydrogen) atoms. The highest BCUT2D eigenvalue weighted by atomic mass is 32.2. The number of non-ortho nitro benzene ring substituents is 1. The van der Waals surface area contributed by atoms with Crippen LogP contribution < -0.4 is 4.90 Å². The summed E-state index contributed by atoms with van der Waals surface area (Å²) in [7, 11) is 0. The first-order valence-corrected chi connectivity index (χ1v) is 11.8. The Balaban J connectivity index is 1.59. The summed E-state index contributed by atoms with van der Waals surface area (Å²) in [6.07, 6.45) is 2.80. The summed E-state index contributed by atoms with van der Waals surface area (Å²) in [5, 5.41) is 10.6. The largest absolute Gasteiger partial charge is 0.366 e. The van der Waals surface area contributed by atoms with Crippen LogP contribution in [-0.4, -0.2) is 33.1 Å². The van der Waals surface area contributed by atoms with Crippen LogP contribution in [0, 0.1) is 10.1 Å². The second kappa shape index (κ2) is 8.67. The zero-order chi connectivity index (χ0) is 23.9. The molecule has 0 bridgehead atoms. The van der Waals surface area contributed by atoms with Crippen molar-refractivity contribution < 1.29 is 14.5 Å². The number of rotatable bonds is 5. The Morgan fingerprint density at radius 2 is 1.97 bits per heavy atom. The molecule has 2 aliphatic heterocycles. The van der Waals surface area contributed by atoms with Crippen LogP contribution >= 0.6 is 11.8 Å². The number of benzene rings is 2. The number of thioether (sulfide) groups is 1. The second-order valence-electron chi connectivity index (χ2n) is 9.17. The van der Waals surface area contributed by atoms with Crippen molar-refractivity contribution in [2.24, 2.45) is 0 Å². The van der Waals surface area contributed by atoms with Gasteiger partial charge in [-0.15, -0.1) is 0 Å². The number of anilines is 1. The number of fused-ring (bicyclic) bond motifs is 1. The van der Waals surface area contributed by atoms with Gasteiger partial charge >= 0.3 is 0 Å². The molecule has 7 nitrogen and oxygen atoms in total. The lowest BCUT2D eigenvalue weighted by atomic mass is 9.79. The van der Waals surface area contributed by atoms with E-state index in [1.165, 1.54) is 23.4 Å². The van der Waals surface area contributed by atoms with Gasteiger partial charge in [0.25, 0.3) is 16.8 Å². The average molecular weight is 466 g/mol. The Morgan fingerprint density at radius 1 is 1.21 bits per heavy atom. The molecule has 2 aromatic carbocycles. The van der Waals surface area contributed by atoms with E-state index in [2.05, 4.69) is 44.7 Å². The highest BCUT2D eigenvalue weighted by Crippen LogP contribution is 2.44. The van der Waals surface area contributed by atoms with Crippen molar-refractivity contribution in [3.05, 3.63) is 74.2 Å². The Kier molecular flexibility index (Phi) is 6.05. The first kappa shape index (κ1) is 23.0. The van der Waals surface area contributed by atoms with Crippen molar-refractivity contribution in [1.82, 2.24) is 4.90 Å². The molecule has 172 valence electrons. The van der Waals surface area contributed by atoms with Gasteiger partial charge in [-0.1, -0.05) is 25.1 Å². The minimum absolute atomic E-state index is 0.00541. The maximum Gasteiger partial charge on any atom is 0.293 e. The van der Waals surface area contributed by atoms with E-state index in [1.807, 2.05) is 6.07 Å². The standard InChI is InChI=1S/C25H27N3O4S/c1-5-27-21-10-9-17(12-20(21)16(2)14-25(27,3)4)13-22-23(29)26(24(30)33-22)15-18-7-6-8-19(11-18)28(31)32/h6-13,16H,5,14-15H2,1-4H3/b22-13-/t16-/m0/s1. The summed E-state index contributed by atoms with van der Waals surface area (Å²) in [5.41, 5.74) is 3.91. The van der Waals surface area contributed by atoms with Crippen LogP contribution in [0.2, 0.25) is 0 Å². The molecular weight excluding hydrogens is 438 g/mol. The Bertz CT molecular complexity index is 1170. The maximum absolute atomic E-state index is 13.0. The summed E-state index contributed by atoms with van der Waals surface area (Å²) in [5.74, 6) is 0.00803. The second-order valence-corrected chi connectivity index (χ2v) is 10.2. The molecule has 0 N–H and O–H groups in total. The molecule has 0 saturated carbocycles. The fraction of sp³-hybridized carbons (Fsp3) is 0.360. The zero-order valence-corrected chi connectivity index (χ0v) is 20.0. The van der Waals surface area contributed by atoms with E-state index in [0.717, 1.165) is 35.2 Å². The van der Waals surface area contributed by atoms with E-state index < -0.39 is 4.92 Å². The lowest BCUT2D eigenvalue weighted by molar-refractivity contribution is -0.384. The van der Waals surface area contributed by atoms with Gasteiger partial charge in [-0.25, -0.2) is 0 Å². The molecular formula is C25H27N3O4S. The number of hydrogen-bond donors (Lipinski definition) is 0. The van der Waals surface area contributed by atoms with Gasteiger partial charge in [-0.2, -0.15) is 0 Å². The molecule has 8 heteroatoms. The van der Waals surface area contributed by atoms with Crippen molar-refractivity contribution in [3.8, 4) is 0 Å². The molecule has 1 saturated heterocycles. The molecule has 2 aliphatic rings. The third-order valence-corrected chi connectivity index (χ3v) is 7.27. The van der Waals surface area contributed by atoms with Crippen molar-refractivity contribution >= 4 is 40.4 Å². The minimum atomic E-state index is -0.491. The smallest absolute Gasteiger partial charge is 0.293 e. The van der Waals surface area contributed by atoms with Gasteiger partial charge in [0.15, 0.2) is 0 Å². The van der Waals surface area contributed by atoms with Crippen LogP contribution in [0.25, 0.3) is 6.08 Å². The molecule has 0 aromatic heterocycles. The summed E-state index contributed by atoms with van der Waals surface area (Å²) < 4.78 is 0. The van der Waals surface area contributed by atoms with Crippen molar-refractivity contribution in [1.29, 1.82) is 0 Å². The maximum atomic E-state index is 13.0. The van der Waals surface area contributed by atoms with E-state index in [-0.39, 0.29) is 28.9 Å². The van der Waals surface area contributed by atoms with Gasteiger partial charge in [0, 0.05) is 29.9 Å². The topological polar surface area (TPSA) is 83.8 Å². The van der Waals surface area contributed by atoms with E-state index in [4.69, 9.17) is 0 Å². The van der Waals surface area contributed by atoms with Crippen LogP contribution in [-0.2, 0) is 11.3 Å². The van der Waals surface area contributed by atoms with Gasteiger partial charge in [-0.3, -0.25) is 24.6 Å². The van der Waals surface area contributed by atoms with Gasteiger partial charge < -0.3 is 4.90 Å². The predicted molar refractivity (Wildman–Crippen MR) is 131 cm³/mol. The first-order chi connectivity index (χ1) is 15.6. The third-order valence-electron chi connectivity index (χ3n) is 6.36. The first-order valence-electron chi connectivity index (χ1n) is 11.0. The number of amides is 2. The molecule has 2 aromatic rings. The number of nitrogens with zero attached hydrogens (tertiary/aromatic N) is 3. The number of carbonyl (C=O) groups excluding carboxylic acids is 2. The SMILES string of the molecule is CCN1c2ccc(/C=C3\SC(=O)N(Cc4cccc([N+](=O)[O-])c4)C3=O)cc2[C@@H](C)CC1(C)C. The van der Waals surface area contributed by atoms with Gasteiger partial charge in [0.05, 0.1) is 16.4 Å². The fourth-order valence-corrected chi connectivity index (χ4v) is 5.77. The molecule has 0 radical (unpaired) electrons. The van der Waals surface area contributed by atoms with Crippen molar-refractivity contribution in [2.75, 3.05) is 11.4 Å². The van der Waals surface area contributed by atoms with Crippen LogP contribution in [0.5, 0.6) is 0 Å². The summed E-state index contributed by atoms with van der Waals surface area (Å²) >= 11 is 0.904. The molecule has 2 amide bonds. The highest BCUT2D eigenvalue weighted by molar-refractivity contribution is 8.18. The lowest BCUT2D eigenvalue weighted by Crippen LogP contribution is -2.48. The molecule has 2 heterocycles. The fourth-order valence-electron chi connectivity index (χ4n) is 4.94. The van der Waals surface area contributed by atoms with E-state index in [0.29, 0.717) is 16.4 Å². The average Bonchev–Trinajstić information content (AvgIpc) is 3.01. The zero-order valence-electron chi connectivity index (χ0n) is 19.2. The van der Waals surface area contributed by atoms with Gasteiger partial charge in [-0.05, 0) is 79.8 Å². The van der Waals surface area contributed by atoms with Gasteiger partial charge in [0.1, 0.15) is 0 Å². The molecule has 0 spiro atoms. The van der Waals surface area contributed by atoms with E-state index in [9.17, 15) is 19.7 Å².